The number of halogens is 2. The molecular formula is C21H15F2NO3S. The van der Waals surface area contributed by atoms with Crippen LogP contribution < -0.4 is 0 Å². The Kier molecular flexibility index (Phi) is 5.54. The highest BCUT2D eigenvalue weighted by Gasteiger charge is 2.21. The molecule has 3 aromatic rings. The highest BCUT2D eigenvalue weighted by molar-refractivity contribution is 7.91. The molecule has 28 heavy (non-hydrogen) atoms. The summed E-state index contributed by atoms with van der Waals surface area (Å²) in [6.07, 6.45) is -1.18. The molecule has 1 atom stereocenters. The summed E-state index contributed by atoms with van der Waals surface area (Å²) in [5, 5.41) is 19.3. The highest BCUT2D eigenvalue weighted by Crippen LogP contribution is 2.26. The molecule has 0 aliphatic rings. The third-order valence-corrected chi connectivity index (χ3v) is 6.11. The topological polar surface area (TPSA) is 78.2 Å². The lowest BCUT2D eigenvalue weighted by Gasteiger charge is -2.13. The van der Waals surface area contributed by atoms with Gasteiger partial charge in [-0.1, -0.05) is 30.3 Å². The van der Waals surface area contributed by atoms with Crippen LogP contribution in [0.1, 0.15) is 22.8 Å². The Morgan fingerprint density at radius 1 is 1.00 bits per heavy atom. The maximum Gasteiger partial charge on any atom is 0.207 e. The first-order valence-corrected chi connectivity index (χ1v) is 9.77. The van der Waals surface area contributed by atoms with E-state index in [0.717, 1.165) is 6.07 Å². The number of nitriles is 1. The average Bonchev–Trinajstić information content (AvgIpc) is 2.68. The summed E-state index contributed by atoms with van der Waals surface area (Å²) >= 11 is 0. The minimum Gasteiger partial charge on any atom is -0.388 e. The summed E-state index contributed by atoms with van der Waals surface area (Å²) in [5.74, 6) is -1.58. The second-order valence-electron chi connectivity index (χ2n) is 6.14. The van der Waals surface area contributed by atoms with Gasteiger partial charge in [0.2, 0.25) is 9.84 Å². The smallest absolute Gasteiger partial charge is 0.207 e. The van der Waals surface area contributed by atoms with Crippen molar-refractivity contribution in [3.63, 3.8) is 0 Å². The van der Waals surface area contributed by atoms with Crippen molar-refractivity contribution in [1.82, 2.24) is 0 Å². The molecule has 0 heterocycles. The van der Waals surface area contributed by atoms with Gasteiger partial charge in [-0.05, 0) is 35.9 Å². The van der Waals surface area contributed by atoms with E-state index < -0.39 is 27.6 Å². The van der Waals surface area contributed by atoms with Crippen LogP contribution in [0.5, 0.6) is 0 Å². The van der Waals surface area contributed by atoms with Crippen molar-refractivity contribution in [1.29, 1.82) is 5.26 Å². The largest absolute Gasteiger partial charge is 0.388 e. The van der Waals surface area contributed by atoms with Crippen LogP contribution in [-0.2, 0) is 16.3 Å². The van der Waals surface area contributed by atoms with Crippen molar-refractivity contribution in [3.05, 3.63) is 95.1 Å². The van der Waals surface area contributed by atoms with Crippen LogP contribution in [0.3, 0.4) is 0 Å². The molecule has 0 aliphatic heterocycles. The number of aliphatic hydroxyl groups is 1. The van der Waals surface area contributed by atoms with Crippen molar-refractivity contribution in [3.8, 4) is 6.07 Å². The Morgan fingerprint density at radius 3 is 2.32 bits per heavy atom. The molecule has 0 saturated carbocycles. The maximum absolute atomic E-state index is 13.8. The molecule has 0 bridgehead atoms. The van der Waals surface area contributed by atoms with Crippen LogP contribution in [0.2, 0.25) is 0 Å². The van der Waals surface area contributed by atoms with Crippen LogP contribution in [0.4, 0.5) is 8.78 Å². The fourth-order valence-corrected chi connectivity index (χ4v) is 4.24. The first-order chi connectivity index (χ1) is 13.3. The summed E-state index contributed by atoms with van der Waals surface area (Å²) in [6, 6.07) is 16.4. The van der Waals surface area contributed by atoms with Crippen LogP contribution in [-0.4, -0.2) is 13.5 Å². The number of hydrogen-bond acceptors (Lipinski definition) is 4. The molecule has 7 heteroatoms. The highest BCUT2D eigenvalue weighted by atomic mass is 32.2. The number of aliphatic hydroxyl groups excluding tert-OH is 1. The summed E-state index contributed by atoms with van der Waals surface area (Å²) in [6.45, 7) is 0. The molecule has 3 rings (SSSR count). The molecule has 1 unspecified atom stereocenters. The number of nitrogens with zero attached hydrogens (tertiary/aromatic N) is 1. The molecule has 0 aliphatic carbocycles. The lowest BCUT2D eigenvalue weighted by Crippen LogP contribution is -2.06. The second-order valence-corrected chi connectivity index (χ2v) is 8.06. The van der Waals surface area contributed by atoms with E-state index in [1.807, 2.05) is 6.07 Å². The zero-order chi connectivity index (χ0) is 20.3. The van der Waals surface area contributed by atoms with Gasteiger partial charge >= 0.3 is 0 Å². The zero-order valence-corrected chi connectivity index (χ0v) is 15.3. The second kappa shape index (κ2) is 7.89. The Balaban J connectivity index is 1.84. The Morgan fingerprint density at radius 2 is 1.68 bits per heavy atom. The van der Waals surface area contributed by atoms with E-state index in [1.54, 1.807) is 6.07 Å². The Labute approximate surface area is 161 Å². The minimum atomic E-state index is -3.88. The lowest BCUT2D eigenvalue weighted by molar-refractivity contribution is 0.173. The summed E-state index contributed by atoms with van der Waals surface area (Å²) < 4.78 is 52.3. The van der Waals surface area contributed by atoms with Gasteiger partial charge in [0.05, 0.1) is 21.5 Å². The van der Waals surface area contributed by atoms with Gasteiger partial charge in [0.15, 0.2) is 0 Å². The average molecular weight is 399 g/mol. The monoisotopic (exact) mass is 399 g/mol. The Hall–Kier alpha value is -3.08. The van der Waals surface area contributed by atoms with Crippen molar-refractivity contribution in [2.24, 2.45) is 0 Å². The normalized spacial score (nSPS) is 12.4. The molecule has 0 amide bonds. The van der Waals surface area contributed by atoms with Gasteiger partial charge in [-0.3, -0.25) is 0 Å². The van der Waals surface area contributed by atoms with Crippen LogP contribution >= 0.6 is 0 Å². The third kappa shape index (κ3) is 3.93. The summed E-state index contributed by atoms with van der Waals surface area (Å²) in [7, 11) is -3.88. The van der Waals surface area contributed by atoms with Crippen LogP contribution in [0, 0.1) is 23.0 Å². The van der Waals surface area contributed by atoms with E-state index in [4.69, 9.17) is 5.26 Å². The van der Waals surface area contributed by atoms with Crippen molar-refractivity contribution in [2.75, 3.05) is 0 Å². The van der Waals surface area contributed by atoms with Crippen molar-refractivity contribution >= 4 is 9.84 Å². The molecule has 142 valence electrons. The molecule has 0 fully saturated rings. The molecule has 1 N–H and O–H groups in total. The third-order valence-electron chi connectivity index (χ3n) is 4.28. The van der Waals surface area contributed by atoms with E-state index in [-0.39, 0.29) is 27.3 Å². The zero-order valence-electron chi connectivity index (χ0n) is 14.5. The van der Waals surface area contributed by atoms with E-state index in [2.05, 4.69) is 0 Å². The summed E-state index contributed by atoms with van der Waals surface area (Å²) in [4.78, 5) is -0.0833. The molecule has 0 saturated heterocycles. The predicted molar refractivity (Wildman–Crippen MR) is 98.1 cm³/mol. The standard InChI is InChI=1S/C21H15F2NO3S/c22-16-7-10-18(19(23)12-16)20(25)11-14-5-8-17(9-6-14)28(26,27)21-4-2-1-3-15(21)13-24/h1-10,12,20,25H,11H2. The number of sulfone groups is 1. The fourth-order valence-electron chi connectivity index (χ4n) is 2.83. The van der Waals surface area contributed by atoms with Gasteiger partial charge < -0.3 is 5.11 Å². The molecule has 0 spiro atoms. The Bertz CT molecular complexity index is 1150. The SMILES string of the molecule is N#Cc1ccccc1S(=O)(=O)c1ccc(CC(O)c2ccc(F)cc2F)cc1. The maximum atomic E-state index is 13.8. The van der Waals surface area contributed by atoms with Gasteiger partial charge in [-0.2, -0.15) is 5.26 Å². The van der Waals surface area contributed by atoms with Gasteiger partial charge in [0, 0.05) is 18.1 Å². The molecular weight excluding hydrogens is 384 g/mol. The molecule has 4 nitrogen and oxygen atoms in total. The number of hydrogen-bond donors (Lipinski definition) is 1. The van der Waals surface area contributed by atoms with E-state index in [1.165, 1.54) is 48.5 Å². The summed E-state index contributed by atoms with van der Waals surface area (Å²) in [5.41, 5.74) is 0.582. The van der Waals surface area contributed by atoms with Crippen molar-refractivity contribution < 1.29 is 22.3 Å². The molecule has 3 aromatic carbocycles. The molecule has 0 radical (unpaired) electrons. The van der Waals surface area contributed by atoms with E-state index in [0.29, 0.717) is 11.6 Å². The van der Waals surface area contributed by atoms with Crippen LogP contribution in [0.25, 0.3) is 0 Å². The first-order valence-electron chi connectivity index (χ1n) is 8.29. The quantitative estimate of drug-likeness (QED) is 0.705. The molecule has 0 aromatic heterocycles. The number of benzene rings is 3. The van der Waals surface area contributed by atoms with Gasteiger partial charge in [-0.25, -0.2) is 17.2 Å². The lowest BCUT2D eigenvalue weighted by atomic mass is 10.0. The number of rotatable bonds is 5. The minimum absolute atomic E-state index is 0.00130. The predicted octanol–water partition coefficient (Wildman–Crippen LogP) is 3.95. The van der Waals surface area contributed by atoms with Gasteiger partial charge in [0.1, 0.15) is 17.7 Å². The van der Waals surface area contributed by atoms with Crippen molar-refractivity contribution in [2.45, 2.75) is 22.3 Å². The van der Waals surface area contributed by atoms with E-state index >= 15 is 0 Å². The van der Waals surface area contributed by atoms with Gasteiger partial charge in [0.25, 0.3) is 0 Å². The van der Waals surface area contributed by atoms with E-state index in [9.17, 15) is 22.3 Å². The van der Waals surface area contributed by atoms with Gasteiger partial charge in [-0.15, -0.1) is 0 Å². The van der Waals surface area contributed by atoms with Crippen LogP contribution in [0.15, 0.2) is 76.5 Å². The first kappa shape index (κ1) is 19.7. The fraction of sp³-hybridized carbons (Fsp3) is 0.0952.